The number of hydrogen-bond acceptors (Lipinski definition) is 4. The number of thiocarbonyl (C=S) groups is 1. The number of rotatable bonds is 4. The van der Waals surface area contributed by atoms with Crippen molar-refractivity contribution in [1.82, 2.24) is 5.32 Å². The molecule has 23 heavy (non-hydrogen) atoms. The number of hydrogen-bond donors (Lipinski definition) is 2. The van der Waals surface area contributed by atoms with E-state index >= 15 is 0 Å². The van der Waals surface area contributed by atoms with Gasteiger partial charge in [0.1, 0.15) is 11.8 Å². The number of nitrogens with one attached hydrogen (secondary N) is 2. The first-order valence-electron chi connectivity index (χ1n) is 6.88. The van der Waals surface area contributed by atoms with Crippen LogP contribution in [0.25, 0.3) is 0 Å². The Labute approximate surface area is 139 Å². The highest BCUT2D eigenvalue weighted by Crippen LogP contribution is 2.16. The summed E-state index contributed by atoms with van der Waals surface area (Å²) in [6.45, 7) is 1.75. The summed E-state index contributed by atoms with van der Waals surface area (Å²) in [5.74, 6) is 0.275. The van der Waals surface area contributed by atoms with Crippen LogP contribution in [0, 0.1) is 18.3 Å². The molecule has 5 nitrogen and oxygen atoms in total. The van der Waals surface area contributed by atoms with Crippen LogP contribution in [-0.4, -0.2) is 17.6 Å². The van der Waals surface area contributed by atoms with Crippen molar-refractivity contribution in [3.8, 4) is 11.8 Å². The number of para-hydroxylation sites is 2. The van der Waals surface area contributed by atoms with Crippen molar-refractivity contribution in [1.29, 1.82) is 5.26 Å². The van der Waals surface area contributed by atoms with E-state index in [0.29, 0.717) is 17.0 Å². The van der Waals surface area contributed by atoms with E-state index in [0.717, 1.165) is 5.56 Å². The van der Waals surface area contributed by atoms with Gasteiger partial charge in [-0.2, -0.15) is 5.26 Å². The zero-order valence-corrected chi connectivity index (χ0v) is 13.3. The second-order valence-corrected chi connectivity index (χ2v) is 5.12. The maximum atomic E-state index is 11.9. The molecule has 0 saturated carbocycles. The number of carbonyl (C=O) groups excluding carboxylic acids is 1. The quantitative estimate of drug-likeness (QED) is 0.846. The van der Waals surface area contributed by atoms with Crippen molar-refractivity contribution in [3.63, 3.8) is 0 Å². The third-order valence-electron chi connectivity index (χ3n) is 3.00. The largest absolute Gasteiger partial charge is 0.483 e. The standard InChI is InChI=1S/C17H15N3O2S/c1-12-6-2-5-9-15(12)22-11-16(21)20-17(23)19-14-8-4-3-7-13(14)10-18/h2-9H,11H2,1H3,(H2,19,20,21,23). The molecule has 0 unspecified atom stereocenters. The maximum Gasteiger partial charge on any atom is 0.264 e. The number of carbonyl (C=O) groups is 1. The molecular formula is C17H15N3O2S. The number of aryl methyl sites for hydroxylation is 1. The van der Waals surface area contributed by atoms with Crippen LogP contribution in [-0.2, 0) is 4.79 Å². The van der Waals surface area contributed by atoms with E-state index in [1.165, 1.54) is 0 Å². The fourth-order valence-electron chi connectivity index (χ4n) is 1.87. The first-order chi connectivity index (χ1) is 11.1. The maximum absolute atomic E-state index is 11.9. The van der Waals surface area contributed by atoms with Crippen molar-refractivity contribution in [2.45, 2.75) is 6.92 Å². The van der Waals surface area contributed by atoms with Gasteiger partial charge in [-0.05, 0) is 42.9 Å². The van der Waals surface area contributed by atoms with E-state index in [-0.39, 0.29) is 17.6 Å². The number of ether oxygens (including phenoxy) is 1. The molecule has 1 amide bonds. The second kappa shape index (κ2) is 7.92. The van der Waals surface area contributed by atoms with Gasteiger partial charge in [0.15, 0.2) is 11.7 Å². The van der Waals surface area contributed by atoms with Crippen LogP contribution < -0.4 is 15.4 Å². The molecule has 6 heteroatoms. The van der Waals surface area contributed by atoms with Crippen LogP contribution in [0.1, 0.15) is 11.1 Å². The molecule has 0 aromatic heterocycles. The lowest BCUT2D eigenvalue weighted by molar-refractivity contribution is -0.121. The molecule has 2 aromatic rings. The Morgan fingerprint density at radius 3 is 2.65 bits per heavy atom. The predicted molar refractivity (Wildman–Crippen MR) is 92.2 cm³/mol. The molecule has 2 aromatic carbocycles. The average Bonchev–Trinajstić information content (AvgIpc) is 2.54. The van der Waals surface area contributed by atoms with Crippen molar-refractivity contribution in [3.05, 3.63) is 59.7 Å². The number of benzene rings is 2. The molecule has 2 rings (SSSR count). The summed E-state index contributed by atoms with van der Waals surface area (Å²) in [6.07, 6.45) is 0. The zero-order valence-electron chi connectivity index (χ0n) is 12.5. The summed E-state index contributed by atoms with van der Waals surface area (Å²) in [5.41, 5.74) is 1.93. The van der Waals surface area contributed by atoms with Gasteiger partial charge in [0.2, 0.25) is 0 Å². The number of anilines is 1. The minimum atomic E-state index is -0.375. The number of nitrogens with zero attached hydrogens (tertiary/aromatic N) is 1. The minimum Gasteiger partial charge on any atom is -0.483 e. The normalized spacial score (nSPS) is 9.57. The van der Waals surface area contributed by atoms with Gasteiger partial charge in [-0.25, -0.2) is 0 Å². The van der Waals surface area contributed by atoms with Crippen LogP contribution in [0.2, 0.25) is 0 Å². The van der Waals surface area contributed by atoms with Crippen molar-refractivity contribution < 1.29 is 9.53 Å². The van der Waals surface area contributed by atoms with Crippen molar-refractivity contribution in [2.24, 2.45) is 0 Å². The molecule has 2 N–H and O–H groups in total. The van der Waals surface area contributed by atoms with Gasteiger partial charge in [0.05, 0.1) is 11.3 Å². The molecule has 0 radical (unpaired) electrons. The van der Waals surface area contributed by atoms with Crippen LogP contribution in [0.5, 0.6) is 5.75 Å². The molecule has 0 spiro atoms. The summed E-state index contributed by atoms with van der Waals surface area (Å²) in [5, 5.41) is 14.5. The van der Waals surface area contributed by atoms with Gasteiger partial charge in [-0.3, -0.25) is 10.1 Å². The van der Waals surface area contributed by atoms with Crippen molar-refractivity contribution >= 4 is 28.9 Å². The summed E-state index contributed by atoms with van der Waals surface area (Å²) in [6, 6.07) is 16.4. The Bertz CT molecular complexity index is 768. The van der Waals surface area contributed by atoms with E-state index in [4.69, 9.17) is 22.2 Å². The summed E-state index contributed by atoms with van der Waals surface area (Å²) in [4.78, 5) is 11.9. The highest BCUT2D eigenvalue weighted by Gasteiger charge is 2.08. The van der Waals surface area contributed by atoms with Crippen LogP contribution >= 0.6 is 12.2 Å². The Morgan fingerprint density at radius 1 is 1.22 bits per heavy atom. The topological polar surface area (TPSA) is 74.2 Å². The van der Waals surface area contributed by atoms with Gasteiger partial charge in [0.25, 0.3) is 5.91 Å². The lowest BCUT2D eigenvalue weighted by atomic mass is 10.2. The van der Waals surface area contributed by atoms with Crippen molar-refractivity contribution in [2.75, 3.05) is 11.9 Å². The molecule has 0 aliphatic heterocycles. The Balaban J connectivity index is 1.87. The third-order valence-corrected chi connectivity index (χ3v) is 3.21. The third kappa shape index (κ3) is 4.80. The monoisotopic (exact) mass is 325 g/mol. The highest BCUT2D eigenvalue weighted by molar-refractivity contribution is 7.80. The number of amides is 1. The lowest BCUT2D eigenvalue weighted by Crippen LogP contribution is -2.37. The van der Waals surface area contributed by atoms with E-state index < -0.39 is 0 Å². The Kier molecular flexibility index (Phi) is 5.67. The summed E-state index contributed by atoms with van der Waals surface area (Å²) >= 11 is 5.07. The fourth-order valence-corrected chi connectivity index (χ4v) is 2.09. The smallest absolute Gasteiger partial charge is 0.264 e. The second-order valence-electron chi connectivity index (χ2n) is 4.71. The van der Waals surface area contributed by atoms with Crippen LogP contribution in [0.4, 0.5) is 5.69 Å². The molecule has 0 saturated heterocycles. The lowest BCUT2D eigenvalue weighted by Gasteiger charge is -2.12. The molecular weight excluding hydrogens is 310 g/mol. The minimum absolute atomic E-state index is 0.117. The predicted octanol–water partition coefficient (Wildman–Crippen LogP) is 2.76. The van der Waals surface area contributed by atoms with Gasteiger partial charge in [-0.15, -0.1) is 0 Å². The van der Waals surface area contributed by atoms with Crippen LogP contribution in [0.15, 0.2) is 48.5 Å². The summed E-state index contributed by atoms with van der Waals surface area (Å²) in [7, 11) is 0. The van der Waals surface area contributed by atoms with Gasteiger partial charge < -0.3 is 10.1 Å². The molecule has 0 fully saturated rings. The van der Waals surface area contributed by atoms with E-state index in [2.05, 4.69) is 10.6 Å². The molecule has 0 bridgehead atoms. The highest BCUT2D eigenvalue weighted by atomic mass is 32.1. The van der Waals surface area contributed by atoms with E-state index in [1.807, 2.05) is 31.2 Å². The summed E-state index contributed by atoms with van der Waals surface area (Å²) < 4.78 is 5.44. The average molecular weight is 325 g/mol. The molecule has 0 aliphatic rings. The first kappa shape index (κ1) is 16.5. The molecule has 0 heterocycles. The first-order valence-corrected chi connectivity index (χ1v) is 7.29. The molecule has 0 aliphatic carbocycles. The van der Waals surface area contributed by atoms with E-state index in [1.54, 1.807) is 30.3 Å². The fraction of sp³-hybridized carbons (Fsp3) is 0.118. The van der Waals surface area contributed by atoms with Gasteiger partial charge >= 0.3 is 0 Å². The Hall–Kier alpha value is -2.91. The molecule has 0 atom stereocenters. The molecule has 116 valence electrons. The number of nitriles is 1. The SMILES string of the molecule is Cc1ccccc1OCC(=O)NC(=S)Nc1ccccc1C#N. The van der Waals surface area contributed by atoms with E-state index in [9.17, 15) is 4.79 Å². The Morgan fingerprint density at radius 2 is 1.91 bits per heavy atom. The van der Waals surface area contributed by atoms with Gasteiger partial charge in [-0.1, -0.05) is 30.3 Å². The zero-order chi connectivity index (χ0) is 16.7. The van der Waals surface area contributed by atoms with Gasteiger partial charge in [0, 0.05) is 0 Å². The van der Waals surface area contributed by atoms with Crippen LogP contribution in [0.3, 0.4) is 0 Å².